The third-order valence-electron chi connectivity index (χ3n) is 0.823. The molecule has 66 valence electrons. The van der Waals surface area contributed by atoms with Crippen molar-refractivity contribution < 1.29 is 28.8 Å². The summed E-state index contributed by atoms with van der Waals surface area (Å²) < 4.78 is 53.4. The molecule has 1 aliphatic heterocycles. The number of rotatable bonds is 0. The molecule has 11 heavy (non-hydrogen) atoms. The first-order valence-corrected chi connectivity index (χ1v) is 7.89. The van der Waals surface area contributed by atoms with Gasteiger partial charge in [0.25, 0.3) is 20.0 Å². The van der Waals surface area contributed by atoms with E-state index in [4.69, 9.17) is 0 Å². The van der Waals surface area contributed by atoms with E-state index >= 15 is 0 Å². The van der Waals surface area contributed by atoms with Gasteiger partial charge in [0.05, 0.1) is 0 Å². The Balaban J connectivity index is 2.42. The molecule has 0 amide bonds. The Morgan fingerprint density at radius 1 is 1.27 bits per heavy atom. The van der Waals surface area contributed by atoms with Gasteiger partial charge in [-0.1, -0.05) is 0 Å². The van der Waals surface area contributed by atoms with Gasteiger partial charge in [0.2, 0.25) is 0 Å². The quantitative estimate of drug-likeness (QED) is 0.366. The molecule has 1 saturated heterocycles. The van der Waals surface area contributed by atoms with E-state index in [2.05, 4.69) is 16.5 Å². The third-order valence-corrected chi connectivity index (χ3v) is 7.40. The lowest BCUT2D eigenvalue weighted by molar-refractivity contribution is 0.182. The monoisotopic (exact) mass is 238 g/mol. The largest absolute Gasteiger partial charge is 0.744 e. The van der Waals surface area contributed by atoms with Crippen LogP contribution in [0.25, 0.3) is 0 Å². The minimum absolute atomic E-state index is 1.46. The van der Waals surface area contributed by atoms with Crippen LogP contribution < -0.4 is 0 Å². The highest BCUT2D eigenvalue weighted by molar-refractivity contribution is 6.67. The molecule has 0 N–H and O–H groups in total. The van der Waals surface area contributed by atoms with E-state index in [1.54, 1.807) is 0 Å². The Kier molecular flexibility index (Phi) is 3.44. The maximum Gasteiger partial charge on any atom is 0.744 e. The molecule has 1 rings (SSSR count). The Hall–Kier alpha value is 0.498. The van der Waals surface area contributed by atoms with Crippen molar-refractivity contribution in [3.05, 3.63) is 0 Å². The van der Waals surface area contributed by atoms with Gasteiger partial charge >= 0.3 is 18.8 Å². The molecule has 0 aliphatic carbocycles. The number of halogens is 3. The van der Waals surface area contributed by atoms with Crippen molar-refractivity contribution in [3.63, 3.8) is 0 Å². The van der Waals surface area contributed by atoms with Gasteiger partial charge in [-0.3, -0.25) is 0 Å². The summed E-state index contributed by atoms with van der Waals surface area (Å²) >= 11 is 0. The minimum atomic E-state index is -5.22. The van der Waals surface area contributed by atoms with E-state index in [-0.39, 0.29) is 0 Å². The fraction of sp³-hybridized carbons (Fsp3) is 0. The lowest BCUT2D eigenvalue weighted by Crippen LogP contribution is -2.43. The Labute approximate surface area is 68.3 Å². The zero-order valence-electron chi connectivity index (χ0n) is 5.26. The maximum absolute atomic E-state index is 12.3. The molecule has 0 aromatic rings. The van der Waals surface area contributed by atoms with Crippen molar-refractivity contribution in [2.45, 2.75) is 0 Å². The summed E-state index contributed by atoms with van der Waals surface area (Å²) in [4.78, 5) is 0. The second kappa shape index (κ2) is 3.94. The van der Waals surface area contributed by atoms with Gasteiger partial charge in [-0.05, 0) is 0 Å². The molecule has 1 heterocycles. The summed E-state index contributed by atoms with van der Waals surface area (Å²) in [7, 11) is -12.0. The standard InChI is InChI=1S/F3H5O4Si4/c1-10-5-8-4-9-6-11(2,3)7-10/h10H,8-9H2. The molecular formula is H5F3O4Si4. The Bertz CT molecular complexity index is 131. The van der Waals surface area contributed by atoms with Crippen LogP contribution in [0, 0.1) is 0 Å². The van der Waals surface area contributed by atoms with E-state index in [1.807, 2.05) is 0 Å². The maximum atomic E-state index is 12.3. The van der Waals surface area contributed by atoms with E-state index in [0.717, 1.165) is 0 Å². The van der Waals surface area contributed by atoms with Gasteiger partial charge in [-0.15, -0.1) is 0 Å². The van der Waals surface area contributed by atoms with E-state index in [0.29, 0.717) is 0 Å². The average Bonchev–Trinajstić information content (AvgIpc) is 1.82. The second-order valence-corrected chi connectivity index (χ2v) is 8.62. The highest BCUT2D eigenvalue weighted by Crippen LogP contribution is 2.13. The van der Waals surface area contributed by atoms with Crippen molar-refractivity contribution >= 4 is 38.9 Å². The fourth-order valence-electron chi connectivity index (χ4n) is 0.422. The summed E-state index contributed by atoms with van der Waals surface area (Å²) in [6.07, 6.45) is 0. The average molecular weight is 238 g/mol. The molecule has 11 heteroatoms. The van der Waals surface area contributed by atoms with Gasteiger partial charge in [0.15, 0.2) is 0 Å². The smallest absolute Gasteiger partial charge is 0.425 e. The fourth-order valence-corrected chi connectivity index (χ4v) is 6.64. The molecular weight excluding hydrogens is 233 g/mol. The van der Waals surface area contributed by atoms with Gasteiger partial charge in [0, 0.05) is 0 Å². The van der Waals surface area contributed by atoms with Crippen molar-refractivity contribution in [2.75, 3.05) is 0 Å². The van der Waals surface area contributed by atoms with E-state index < -0.39 is 38.9 Å². The second-order valence-electron chi connectivity index (χ2n) is 1.61. The zero-order valence-corrected chi connectivity index (χ0v) is 10.2. The SMILES string of the molecule is F[SiH]1O[SiH2]O[SiH2]O[Si](F)(F)O1. The molecule has 4 nitrogen and oxygen atoms in total. The van der Waals surface area contributed by atoms with Crippen LogP contribution in [0.1, 0.15) is 0 Å². The summed E-state index contributed by atoms with van der Waals surface area (Å²) in [6, 6.07) is 0. The van der Waals surface area contributed by atoms with E-state index in [1.165, 1.54) is 0 Å². The first-order valence-electron chi connectivity index (χ1n) is 2.63. The van der Waals surface area contributed by atoms with Crippen LogP contribution >= 0.6 is 0 Å². The Morgan fingerprint density at radius 3 is 2.73 bits per heavy atom. The predicted molar refractivity (Wildman–Crippen MR) is 37.7 cm³/mol. The van der Waals surface area contributed by atoms with Crippen LogP contribution in [0.15, 0.2) is 0 Å². The molecule has 1 fully saturated rings. The van der Waals surface area contributed by atoms with Gasteiger partial charge in [0.1, 0.15) is 0 Å². The predicted octanol–water partition coefficient (Wildman–Crippen LogP) is -1.87. The van der Waals surface area contributed by atoms with Gasteiger partial charge in [-0.25, -0.2) is 12.3 Å². The van der Waals surface area contributed by atoms with Crippen LogP contribution in [0.5, 0.6) is 0 Å². The lowest BCUT2D eigenvalue weighted by atomic mass is 15.7. The molecule has 0 bridgehead atoms. The number of hydrogen-bond acceptors (Lipinski definition) is 4. The molecule has 0 aromatic carbocycles. The lowest BCUT2D eigenvalue weighted by Gasteiger charge is -2.18. The molecule has 0 spiro atoms. The summed E-state index contributed by atoms with van der Waals surface area (Å²) in [5.41, 5.74) is 0. The molecule has 0 radical (unpaired) electrons. The van der Waals surface area contributed by atoms with Crippen LogP contribution in [0.3, 0.4) is 0 Å². The van der Waals surface area contributed by atoms with Crippen molar-refractivity contribution in [1.82, 2.24) is 0 Å². The van der Waals surface area contributed by atoms with Crippen LogP contribution in [0.4, 0.5) is 12.3 Å². The first-order chi connectivity index (χ1) is 5.10. The summed E-state index contributed by atoms with van der Waals surface area (Å²) in [5, 5.41) is 0. The topological polar surface area (TPSA) is 36.9 Å². The highest BCUT2D eigenvalue weighted by Gasteiger charge is 2.47. The third kappa shape index (κ3) is 3.61. The molecule has 1 unspecified atom stereocenters. The number of hydrogen-bond donors (Lipinski definition) is 0. The Morgan fingerprint density at radius 2 is 2.00 bits per heavy atom. The summed E-state index contributed by atoms with van der Waals surface area (Å²) in [5.74, 6) is 0. The molecule has 0 aromatic heterocycles. The summed E-state index contributed by atoms with van der Waals surface area (Å²) in [6.45, 7) is 0. The molecule has 0 saturated carbocycles. The molecule has 1 atom stereocenters. The van der Waals surface area contributed by atoms with Gasteiger partial charge < -0.3 is 16.5 Å². The minimum Gasteiger partial charge on any atom is -0.425 e. The van der Waals surface area contributed by atoms with Crippen molar-refractivity contribution in [1.29, 1.82) is 0 Å². The van der Waals surface area contributed by atoms with Crippen LogP contribution in [0.2, 0.25) is 0 Å². The van der Waals surface area contributed by atoms with Crippen molar-refractivity contribution in [3.8, 4) is 0 Å². The van der Waals surface area contributed by atoms with E-state index in [9.17, 15) is 12.3 Å². The van der Waals surface area contributed by atoms with Crippen molar-refractivity contribution in [2.24, 2.45) is 0 Å². The van der Waals surface area contributed by atoms with Crippen LogP contribution in [-0.2, 0) is 16.5 Å². The van der Waals surface area contributed by atoms with Gasteiger partial charge in [-0.2, -0.15) is 0 Å². The highest BCUT2D eigenvalue weighted by atomic mass is 28.5. The normalized spacial score (nSPS) is 36.8. The zero-order chi connectivity index (χ0) is 8.32. The molecule has 1 aliphatic rings. The first kappa shape index (κ1) is 9.58. The van der Waals surface area contributed by atoms with Crippen LogP contribution in [-0.4, -0.2) is 38.9 Å².